The highest BCUT2D eigenvalue weighted by Crippen LogP contribution is 2.44. The Hall–Kier alpha value is -2.71. The summed E-state index contributed by atoms with van der Waals surface area (Å²) in [5.74, 6) is -3.25. The van der Waals surface area contributed by atoms with Gasteiger partial charge in [-0.15, -0.1) is 0 Å². The predicted octanol–water partition coefficient (Wildman–Crippen LogP) is 7.55. The molecule has 1 saturated carbocycles. The van der Waals surface area contributed by atoms with Crippen molar-refractivity contribution in [2.75, 3.05) is 5.32 Å². The normalized spacial score (nSPS) is 24.3. The average Bonchev–Trinajstić information content (AvgIpc) is 3.19. The van der Waals surface area contributed by atoms with Gasteiger partial charge >= 0.3 is 6.18 Å². The SMILES string of the molecule is CCCCC1CC(Nc2cc(C(F)(F)F)cc(C)n2)C(c2ccccc2)N1C(=O)C1CCC(F)(F)CC1. The van der Waals surface area contributed by atoms with Crippen LogP contribution in [-0.4, -0.2) is 33.8 Å². The summed E-state index contributed by atoms with van der Waals surface area (Å²) in [5, 5.41) is 3.23. The van der Waals surface area contributed by atoms with Crippen LogP contribution in [0.4, 0.5) is 27.8 Å². The first kappa shape index (κ1) is 27.3. The fourth-order valence-electron chi connectivity index (χ4n) is 5.75. The summed E-state index contributed by atoms with van der Waals surface area (Å²) >= 11 is 0. The van der Waals surface area contributed by atoms with Crippen LogP contribution in [0.5, 0.6) is 0 Å². The maximum absolute atomic E-state index is 13.9. The van der Waals surface area contributed by atoms with Crippen LogP contribution < -0.4 is 5.32 Å². The van der Waals surface area contributed by atoms with E-state index < -0.39 is 29.6 Å². The number of benzene rings is 1. The monoisotopic (exact) mass is 523 g/mol. The van der Waals surface area contributed by atoms with E-state index >= 15 is 0 Å². The van der Waals surface area contributed by atoms with Crippen molar-refractivity contribution in [3.63, 3.8) is 0 Å². The zero-order valence-corrected chi connectivity index (χ0v) is 21.2. The van der Waals surface area contributed by atoms with Gasteiger partial charge in [0.05, 0.1) is 17.6 Å². The van der Waals surface area contributed by atoms with Gasteiger partial charge in [-0.3, -0.25) is 4.79 Å². The molecule has 2 aromatic rings. The first-order chi connectivity index (χ1) is 17.5. The van der Waals surface area contributed by atoms with Gasteiger partial charge in [0.2, 0.25) is 11.8 Å². The van der Waals surface area contributed by atoms with E-state index in [4.69, 9.17) is 0 Å². The topological polar surface area (TPSA) is 45.2 Å². The number of unbranched alkanes of at least 4 members (excludes halogenated alkanes) is 1. The fraction of sp³-hybridized carbons (Fsp3) is 0.571. The molecule has 4 rings (SSSR count). The van der Waals surface area contributed by atoms with Crippen LogP contribution in [0.1, 0.15) is 81.2 Å². The molecule has 3 unspecified atom stereocenters. The molecule has 0 spiro atoms. The lowest BCUT2D eigenvalue weighted by Crippen LogP contribution is -2.44. The zero-order valence-electron chi connectivity index (χ0n) is 21.2. The van der Waals surface area contributed by atoms with Crippen molar-refractivity contribution in [1.82, 2.24) is 9.88 Å². The van der Waals surface area contributed by atoms with Gasteiger partial charge in [0, 0.05) is 30.5 Å². The van der Waals surface area contributed by atoms with E-state index in [0.29, 0.717) is 6.42 Å². The minimum atomic E-state index is -4.51. The smallest absolute Gasteiger partial charge is 0.365 e. The van der Waals surface area contributed by atoms with E-state index in [-0.39, 0.29) is 55.2 Å². The molecule has 1 aliphatic carbocycles. The summed E-state index contributed by atoms with van der Waals surface area (Å²) in [5.41, 5.74) is 0.317. The van der Waals surface area contributed by atoms with Crippen molar-refractivity contribution >= 4 is 11.7 Å². The summed E-state index contributed by atoms with van der Waals surface area (Å²) in [6, 6.07) is 10.4. The van der Waals surface area contributed by atoms with E-state index in [0.717, 1.165) is 37.0 Å². The van der Waals surface area contributed by atoms with Gasteiger partial charge in [-0.25, -0.2) is 13.8 Å². The highest BCUT2D eigenvalue weighted by molar-refractivity contribution is 5.80. The minimum Gasteiger partial charge on any atom is -0.365 e. The molecule has 202 valence electrons. The molecule has 1 saturated heterocycles. The molecular weight excluding hydrogens is 489 g/mol. The van der Waals surface area contributed by atoms with Crippen molar-refractivity contribution < 1.29 is 26.7 Å². The van der Waals surface area contributed by atoms with Crippen molar-refractivity contribution in [3.8, 4) is 0 Å². The molecule has 2 heterocycles. The largest absolute Gasteiger partial charge is 0.416 e. The lowest BCUT2D eigenvalue weighted by molar-refractivity contribution is -0.143. The molecule has 1 aromatic carbocycles. The number of hydrogen-bond acceptors (Lipinski definition) is 3. The second-order valence-corrected chi connectivity index (χ2v) is 10.4. The first-order valence-electron chi connectivity index (χ1n) is 13.1. The first-order valence-corrected chi connectivity index (χ1v) is 13.1. The summed E-state index contributed by atoms with van der Waals surface area (Å²) in [6.45, 7) is 3.58. The number of aryl methyl sites for hydroxylation is 1. The van der Waals surface area contributed by atoms with E-state index in [2.05, 4.69) is 17.2 Å². The molecule has 37 heavy (non-hydrogen) atoms. The zero-order chi connectivity index (χ0) is 26.8. The maximum Gasteiger partial charge on any atom is 0.416 e. The van der Waals surface area contributed by atoms with Crippen molar-refractivity contribution in [2.24, 2.45) is 5.92 Å². The number of alkyl halides is 5. The highest BCUT2D eigenvalue weighted by atomic mass is 19.4. The molecule has 2 fully saturated rings. The lowest BCUT2D eigenvalue weighted by Gasteiger charge is -2.37. The molecule has 9 heteroatoms. The number of carbonyl (C=O) groups excluding carboxylic acids is 1. The van der Waals surface area contributed by atoms with Gasteiger partial charge in [0.1, 0.15) is 5.82 Å². The predicted molar refractivity (Wildman–Crippen MR) is 132 cm³/mol. The van der Waals surface area contributed by atoms with Crippen LogP contribution in [0, 0.1) is 12.8 Å². The third-order valence-electron chi connectivity index (χ3n) is 7.57. The van der Waals surface area contributed by atoms with Crippen LogP contribution in [0.25, 0.3) is 0 Å². The molecular formula is C28H34F5N3O. The van der Waals surface area contributed by atoms with Gasteiger partial charge in [-0.1, -0.05) is 50.1 Å². The number of hydrogen-bond donors (Lipinski definition) is 1. The van der Waals surface area contributed by atoms with Crippen LogP contribution in [0.3, 0.4) is 0 Å². The number of nitrogens with zero attached hydrogens (tertiary/aromatic N) is 2. The number of carbonyl (C=O) groups is 1. The Labute approximate surface area is 214 Å². The Balaban J connectivity index is 1.69. The summed E-state index contributed by atoms with van der Waals surface area (Å²) in [6.07, 6.45) is -1.76. The Morgan fingerprint density at radius 3 is 2.43 bits per heavy atom. The summed E-state index contributed by atoms with van der Waals surface area (Å²) < 4.78 is 68.1. The maximum atomic E-state index is 13.9. The molecule has 0 bridgehead atoms. The Kier molecular flexibility index (Phi) is 8.09. The van der Waals surface area contributed by atoms with Crippen molar-refractivity contribution in [2.45, 2.75) is 95.4 Å². The third kappa shape index (κ3) is 6.41. The third-order valence-corrected chi connectivity index (χ3v) is 7.57. The number of amides is 1. The molecule has 1 aliphatic heterocycles. The Bertz CT molecular complexity index is 1070. The molecule has 1 amide bonds. The highest BCUT2D eigenvalue weighted by Gasteiger charge is 2.48. The average molecular weight is 524 g/mol. The van der Waals surface area contributed by atoms with Gasteiger partial charge in [-0.2, -0.15) is 13.2 Å². The van der Waals surface area contributed by atoms with E-state index in [9.17, 15) is 26.7 Å². The van der Waals surface area contributed by atoms with Gasteiger partial charge in [0.15, 0.2) is 0 Å². The fourth-order valence-corrected chi connectivity index (χ4v) is 5.75. The van der Waals surface area contributed by atoms with Crippen LogP contribution in [-0.2, 0) is 11.0 Å². The molecule has 1 N–H and O–H groups in total. The number of anilines is 1. The van der Waals surface area contributed by atoms with Gasteiger partial charge in [-0.05, 0) is 50.3 Å². The van der Waals surface area contributed by atoms with E-state index in [1.807, 2.05) is 35.2 Å². The van der Waals surface area contributed by atoms with Crippen molar-refractivity contribution in [1.29, 1.82) is 0 Å². The molecule has 1 aromatic heterocycles. The second kappa shape index (κ2) is 11.0. The van der Waals surface area contributed by atoms with Crippen LogP contribution in [0.15, 0.2) is 42.5 Å². The number of pyridine rings is 1. The number of nitrogens with one attached hydrogen (secondary N) is 1. The quantitative estimate of drug-likeness (QED) is 0.381. The number of likely N-dealkylation sites (tertiary alicyclic amines) is 1. The standard InChI is InChI=1S/C28H34F5N3O/c1-3-4-10-22-17-23(35-24-16-21(28(31,32)33)15-18(2)34-24)25(19-8-6-5-7-9-19)36(22)26(37)20-11-13-27(29,30)14-12-20/h5-9,15-16,20,22-23,25H,3-4,10-14,17H2,1-2H3,(H,34,35). The lowest BCUT2D eigenvalue weighted by atomic mass is 9.85. The number of rotatable bonds is 7. The van der Waals surface area contributed by atoms with E-state index in [1.165, 1.54) is 6.92 Å². The molecule has 0 radical (unpaired) electrons. The van der Waals surface area contributed by atoms with Gasteiger partial charge in [0.25, 0.3) is 0 Å². The Morgan fingerprint density at radius 1 is 1.14 bits per heavy atom. The minimum absolute atomic E-state index is 0.110. The summed E-state index contributed by atoms with van der Waals surface area (Å²) in [7, 11) is 0. The molecule has 2 aliphatic rings. The number of aromatic nitrogens is 1. The van der Waals surface area contributed by atoms with Crippen LogP contribution in [0.2, 0.25) is 0 Å². The van der Waals surface area contributed by atoms with Crippen LogP contribution >= 0.6 is 0 Å². The van der Waals surface area contributed by atoms with Crippen molar-refractivity contribution in [3.05, 3.63) is 59.3 Å². The summed E-state index contributed by atoms with van der Waals surface area (Å²) in [4.78, 5) is 20.0. The second-order valence-electron chi connectivity index (χ2n) is 10.4. The Morgan fingerprint density at radius 2 is 1.81 bits per heavy atom. The number of halogens is 5. The molecule has 3 atom stereocenters. The molecule has 4 nitrogen and oxygen atoms in total. The van der Waals surface area contributed by atoms with Gasteiger partial charge < -0.3 is 10.2 Å². The van der Waals surface area contributed by atoms with E-state index in [1.54, 1.807) is 0 Å².